The number of alkyl halides is 2. The second-order valence-electron chi connectivity index (χ2n) is 6.30. The first-order valence-electron chi connectivity index (χ1n) is 8.83. The first-order chi connectivity index (χ1) is 14.3. The van der Waals surface area contributed by atoms with E-state index in [2.05, 4.69) is 15.3 Å². The highest BCUT2D eigenvalue weighted by Gasteiger charge is 2.31. The molecule has 0 aliphatic rings. The molecule has 0 aliphatic carbocycles. The number of nitriles is 1. The van der Waals surface area contributed by atoms with Crippen molar-refractivity contribution < 1.29 is 13.5 Å². The minimum absolute atomic E-state index is 0.0805. The number of halogens is 4. The van der Waals surface area contributed by atoms with Crippen molar-refractivity contribution in [1.82, 2.24) is 9.97 Å². The number of ether oxygens (including phenoxy) is 1. The second-order valence-corrected chi connectivity index (χ2v) is 7.15. The highest BCUT2D eigenvalue weighted by molar-refractivity contribution is 6.35. The number of anilines is 1. The van der Waals surface area contributed by atoms with Gasteiger partial charge in [0, 0.05) is 33.8 Å². The molecule has 2 aromatic carbocycles. The Bertz CT molecular complexity index is 1100. The summed E-state index contributed by atoms with van der Waals surface area (Å²) in [6, 6.07) is 13.5. The SMILES string of the molecule is COc1nc(NCCc2ccc(Cl)cc2Cl)cc(-c2cccc(C(F)(F)C#N)c2)n1. The van der Waals surface area contributed by atoms with Crippen molar-refractivity contribution in [3.8, 4) is 23.3 Å². The Morgan fingerprint density at radius 3 is 2.63 bits per heavy atom. The normalized spacial score (nSPS) is 11.1. The molecule has 0 saturated carbocycles. The van der Waals surface area contributed by atoms with Gasteiger partial charge in [0.1, 0.15) is 11.9 Å². The van der Waals surface area contributed by atoms with Gasteiger partial charge in [-0.05, 0) is 30.2 Å². The number of methoxy groups -OCH3 is 1. The van der Waals surface area contributed by atoms with Crippen molar-refractivity contribution >= 4 is 29.0 Å². The minimum Gasteiger partial charge on any atom is -0.467 e. The van der Waals surface area contributed by atoms with Crippen LogP contribution in [0.2, 0.25) is 10.0 Å². The molecule has 0 amide bonds. The molecular weight excluding hydrogens is 433 g/mol. The quantitative estimate of drug-likeness (QED) is 0.499. The van der Waals surface area contributed by atoms with Crippen LogP contribution in [0.3, 0.4) is 0 Å². The third-order valence-electron chi connectivity index (χ3n) is 4.27. The lowest BCUT2D eigenvalue weighted by molar-refractivity contribution is 0.0613. The third-order valence-corrected chi connectivity index (χ3v) is 4.85. The molecular formula is C21H16Cl2F2N4O. The van der Waals surface area contributed by atoms with Crippen LogP contribution >= 0.6 is 23.2 Å². The van der Waals surface area contributed by atoms with Gasteiger partial charge in [0.15, 0.2) is 0 Å². The number of aromatic nitrogens is 2. The highest BCUT2D eigenvalue weighted by Crippen LogP contribution is 2.31. The first-order valence-corrected chi connectivity index (χ1v) is 9.59. The van der Waals surface area contributed by atoms with E-state index < -0.39 is 11.5 Å². The fourth-order valence-electron chi connectivity index (χ4n) is 2.74. The van der Waals surface area contributed by atoms with Crippen LogP contribution in [0.5, 0.6) is 6.01 Å². The number of benzene rings is 2. The van der Waals surface area contributed by atoms with Gasteiger partial charge in [-0.2, -0.15) is 24.0 Å². The van der Waals surface area contributed by atoms with Crippen molar-refractivity contribution in [1.29, 1.82) is 5.26 Å². The Balaban J connectivity index is 1.82. The molecule has 30 heavy (non-hydrogen) atoms. The Labute approximate surface area is 182 Å². The van der Waals surface area contributed by atoms with E-state index in [1.165, 1.54) is 25.3 Å². The molecule has 0 bridgehead atoms. The van der Waals surface area contributed by atoms with Crippen LogP contribution in [0.25, 0.3) is 11.3 Å². The van der Waals surface area contributed by atoms with Crippen LogP contribution in [0.15, 0.2) is 48.5 Å². The third kappa shape index (κ3) is 5.15. The van der Waals surface area contributed by atoms with Crippen molar-refractivity contribution in [2.75, 3.05) is 19.0 Å². The Hall–Kier alpha value is -2.95. The summed E-state index contributed by atoms with van der Waals surface area (Å²) < 4.78 is 32.6. The summed E-state index contributed by atoms with van der Waals surface area (Å²) in [7, 11) is 1.41. The average molecular weight is 449 g/mol. The predicted octanol–water partition coefficient (Wildman–Crippen LogP) is 5.73. The second kappa shape index (κ2) is 9.24. The molecule has 9 heteroatoms. The summed E-state index contributed by atoms with van der Waals surface area (Å²) in [6.07, 6.45) is 0.613. The van der Waals surface area contributed by atoms with E-state index in [1.807, 2.05) is 6.07 Å². The average Bonchev–Trinajstić information content (AvgIpc) is 2.75. The zero-order chi connectivity index (χ0) is 21.7. The predicted molar refractivity (Wildman–Crippen MR) is 112 cm³/mol. The van der Waals surface area contributed by atoms with Crippen molar-refractivity contribution in [3.05, 3.63) is 69.7 Å². The van der Waals surface area contributed by atoms with E-state index in [9.17, 15) is 8.78 Å². The van der Waals surface area contributed by atoms with Gasteiger partial charge in [0.05, 0.1) is 12.8 Å². The van der Waals surface area contributed by atoms with Crippen LogP contribution in [0.1, 0.15) is 11.1 Å². The molecule has 0 radical (unpaired) electrons. The Morgan fingerprint density at radius 1 is 1.13 bits per heavy atom. The summed E-state index contributed by atoms with van der Waals surface area (Å²) in [5.74, 6) is -3.13. The summed E-state index contributed by atoms with van der Waals surface area (Å²) in [6.45, 7) is 0.507. The number of nitrogens with one attached hydrogen (secondary N) is 1. The molecule has 3 rings (SSSR count). The molecule has 0 saturated heterocycles. The van der Waals surface area contributed by atoms with Gasteiger partial charge in [-0.1, -0.05) is 47.5 Å². The maximum Gasteiger partial charge on any atom is 0.357 e. The highest BCUT2D eigenvalue weighted by atomic mass is 35.5. The van der Waals surface area contributed by atoms with Crippen molar-refractivity contribution in [2.24, 2.45) is 0 Å². The molecule has 1 N–H and O–H groups in total. The largest absolute Gasteiger partial charge is 0.467 e. The lowest BCUT2D eigenvalue weighted by Crippen LogP contribution is -2.10. The Kier molecular flexibility index (Phi) is 6.70. The maximum absolute atomic E-state index is 13.7. The topological polar surface area (TPSA) is 70.8 Å². The van der Waals surface area contributed by atoms with E-state index in [0.29, 0.717) is 40.1 Å². The Morgan fingerprint density at radius 2 is 1.93 bits per heavy atom. The van der Waals surface area contributed by atoms with Gasteiger partial charge >= 0.3 is 11.9 Å². The minimum atomic E-state index is -3.59. The van der Waals surface area contributed by atoms with Crippen LogP contribution in [0, 0.1) is 11.3 Å². The molecule has 0 fully saturated rings. The number of rotatable bonds is 7. The molecule has 1 heterocycles. The monoisotopic (exact) mass is 448 g/mol. The van der Waals surface area contributed by atoms with E-state index >= 15 is 0 Å². The fourth-order valence-corrected chi connectivity index (χ4v) is 3.25. The fraction of sp³-hybridized carbons (Fsp3) is 0.190. The van der Waals surface area contributed by atoms with Gasteiger partial charge in [-0.3, -0.25) is 0 Å². The molecule has 0 aliphatic heterocycles. The standard InChI is InChI=1S/C21H16Cl2F2N4O/c1-30-20-28-18(14-3-2-4-15(9-14)21(24,25)12-26)11-19(29-20)27-8-7-13-5-6-16(22)10-17(13)23/h2-6,9-11H,7-8H2,1H3,(H,27,28,29). The smallest absolute Gasteiger partial charge is 0.357 e. The van der Waals surface area contributed by atoms with Gasteiger partial charge in [-0.25, -0.2) is 0 Å². The molecule has 5 nitrogen and oxygen atoms in total. The maximum atomic E-state index is 13.7. The van der Waals surface area contributed by atoms with E-state index in [-0.39, 0.29) is 6.01 Å². The molecule has 1 aromatic heterocycles. The zero-order valence-corrected chi connectivity index (χ0v) is 17.3. The van der Waals surface area contributed by atoms with E-state index in [1.54, 1.807) is 24.3 Å². The van der Waals surface area contributed by atoms with E-state index in [0.717, 1.165) is 11.6 Å². The number of hydrogen-bond donors (Lipinski definition) is 1. The first kappa shape index (κ1) is 21.8. The van der Waals surface area contributed by atoms with Gasteiger partial charge in [-0.15, -0.1) is 0 Å². The number of hydrogen-bond acceptors (Lipinski definition) is 5. The van der Waals surface area contributed by atoms with Crippen LogP contribution < -0.4 is 10.1 Å². The van der Waals surface area contributed by atoms with E-state index in [4.69, 9.17) is 33.2 Å². The summed E-state index contributed by atoms with van der Waals surface area (Å²) in [4.78, 5) is 8.46. The van der Waals surface area contributed by atoms with Crippen LogP contribution in [0.4, 0.5) is 14.6 Å². The lowest BCUT2D eigenvalue weighted by Gasteiger charge is -2.12. The van der Waals surface area contributed by atoms with Crippen molar-refractivity contribution in [3.63, 3.8) is 0 Å². The molecule has 0 unspecified atom stereocenters. The molecule has 0 atom stereocenters. The number of nitrogens with zero attached hydrogens (tertiary/aromatic N) is 3. The summed E-state index contributed by atoms with van der Waals surface area (Å²) >= 11 is 12.1. The van der Waals surface area contributed by atoms with Crippen LogP contribution in [-0.4, -0.2) is 23.6 Å². The van der Waals surface area contributed by atoms with Gasteiger partial charge < -0.3 is 10.1 Å². The van der Waals surface area contributed by atoms with Gasteiger partial charge in [0.25, 0.3) is 0 Å². The zero-order valence-electron chi connectivity index (χ0n) is 15.8. The lowest BCUT2D eigenvalue weighted by atomic mass is 10.0. The van der Waals surface area contributed by atoms with Gasteiger partial charge in [0.2, 0.25) is 0 Å². The molecule has 3 aromatic rings. The molecule has 154 valence electrons. The summed E-state index contributed by atoms with van der Waals surface area (Å²) in [5.41, 5.74) is 1.30. The van der Waals surface area contributed by atoms with Crippen molar-refractivity contribution in [2.45, 2.75) is 12.3 Å². The molecule has 0 spiro atoms. The summed E-state index contributed by atoms with van der Waals surface area (Å²) in [5, 5.41) is 13.0. The van der Waals surface area contributed by atoms with Crippen LogP contribution in [-0.2, 0) is 12.3 Å².